The zero-order chi connectivity index (χ0) is 18.7. The Bertz CT molecular complexity index is 629. The molecule has 2 amide bonds. The first-order chi connectivity index (χ1) is 11.7. The molecule has 5 nitrogen and oxygen atoms in total. The molecule has 3 atom stereocenters. The second-order valence-corrected chi connectivity index (χ2v) is 6.87. The summed E-state index contributed by atoms with van der Waals surface area (Å²) in [6, 6.07) is 2.28. The molecule has 25 heavy (non-hydrogen) atoms. The topological polar surface area (TPSA) is 69.6 Å². The van der Waals surface area contributed by atoms with E-state index in [-0.39, 0.29) is 17.7 Å². The van der Waals surface area contributed by atoms with E-state index in [1.54, 1.807) is 25.7 Å². The summed E-state index contributed by atoms with van der Waals surface area (Å²) in [7, 11) is 0. The van der Waals surface area contributed by atoms with Crippen molar-refractivity contribution in [1.82, 2.24) is 10.2 Å². The minimum absolute atomic E-state index is 0.00326. The van der Waals surface area contributed by atoms with Crippen molar-refractivity contribution in [2.75, 3.05) is 13.1 Å². The largest absolute Gasteiger partial charge is 0.393 e. The Balaban J connectivity index is 2.13. The molecule has 0 aromatic heterocycles. The monoisotopic (exact) mass is 354 g/mol. The Hall–Kier alpha value is -2.02. The number of rotatable bonds is 5. The average Bonchev–Trinajstić information content (AvgIpc) is 3.01. The number of benzene rings is 1. The molecule has 0 spiro atoms. The lowest BCUT2D eigenvalue weighted by molar-refractivity contribution is -0.133. The van der Waals surface area contributed by atoms with E-state index in [1.807, 2.05) is 0 Å². The fourth-order valence-corrected chi connectivity index (χ4v) is 3.02. The van der Waals surface area contributed by atoms with Crippen LogP contribution in [0.15, 0.2) is 18.2 Å². The molecule has 1 fully saturated rings. The molecule has 1 aliphatic rings. The highest BCUT2D eigenvalue weighted by atomic mass is 19.1. The van der Waals surface area contributed by atoms with Gasteiger partial charge in [0.15, 0.2) is 0 Å². The van der Waals surface area contributed by atoms with Gasteiger partial charge < -0.3 is 15.3 Å². The van der Waals surface area contributed by atoms with Crippen molar-refractivity contribution in [3.8, 4) is 0 Å². The molecule has 7 heteroatoms. The van der Waals surface area contributed by atoms with E-state index in [0.717, 1.165) is 12.1 Å². The number of hydrogen-bond donors (Lipinski definition) is 2. The predicted octanol–water partition coefficient (Wildman–Crippen LogP) is 1.95. The first kappa shape index (κ1) is 19.3. The molecule has 1 heterocycles. The zero-order valence-corrected chi connectivity index (χ0v) is 14.6. The molecule has 0 saturated carbocycles. The zero-order valence-electron chi connectivity index (χ0n) is 14.6. The van der Waals surface area contributed by atoms with E-state index in [9.17, 15) is 23.5 Å². The Morgan fingerprint density at radius 2 is 1.84 bits per heavy atom. The van der Waals surface area contributed by atoms with Gasteiger partial charge in [0, 0.05) is 19.0 Å². The number of nitrogens with one attached hydrogen (secondary N) is 1. The van der Waals surface area contributed by atoms with Crippen molar-refractivity contribution in [3.05, 3.63) is 35.4 Å². The normalized spacial score (nSPS) is 19.8. The maximum absolute atomic E-state index is 13.8. The smallest absolute Gasteiger partial charge is 0.257 e. The lowest BCUT2D eigenvalue weighted by Crippen LogP contribution is -2.51. The summed E-state index contributed by atoms with van der Waals surface area (Å²) in [5, 5.41) is 12.1. The van der Waals surface area contributed by atoms with Crippen LogP contribution in [0.1, 0.15) is 37.6 Å². The lowest BCUT2D eigenvalue weighted by atomic mass is 10.0. The number of nitrogens with zero attached hydrogens (tertiary/aromatic N) is 1. The summed E-state index contributed by atoms with van der Waals surface area (Å²) >= 11 is 0. The number of hydrogen-bond acceptors (Lipinski definition) is 3. The Morgan fingerprint density at radius 1 is 1.24 bits per heavy atom. The second kappa shape index (κ2) is 7.91. The molecule has 0 aliphatic carbocycles. The number of carbonyl (C=O) groups excluding carboxylic acids is 2. The van der Waals surface area contributed by atoms with Gasteiger partial charge in [-0.3, -0.25) is 9.59 Å². The van der Waals surface area contributed by atoms with Crippen LogP contribution in [0.25, 0.3) is 0 Å². The molecule has 0 unspecified atom stereocenters. The van der Waals surface area contributed by atoms with Crippen LogP contribution in [0.4, 0.5) is 8.78 Å². The van der Waals surface area contributed by atoms with Crippen molar-refractivity contribution >= 4 is 11.8 Å². The van der Waals surface area contributed by atoms with Gasteiger partial charge in [0.2, 0.25) is 5.91 Å². The number of likely N-dealkylation sites (tertiary alicyclic amines) is 1. The van der Waals surface area contributed by atoms with Crippen LogP contribution in [0, 0.1) is 23.5 Å². The van der Waals surface area contributed by atoms with E-state index >= 15 is 0 Å². The third-order valence-electron chi connectivity index (χ3n) is 4.63. The van der Waals surface area contributed by atoms with Crippen molar-refractivity contribution in [2.24, 2.45) is 11.8 Å². The quantitative estimate of drug-likeness (QED) is 0.849. The van der Waals surface area contributed by atoms with E-state index < -0.39 is 35.3 Å². The summed E-state index contributed by atoms with van der Waals surface area (Å²) in [6.07, 6.45) is 0.168. The maximum Gasteiger partial charge on any atom is 0.257 e. The van der Waals surface area contributed by atoms with Gasteiger partial charge in [-0.15, -0.1) is 0 Å². The molecule has 0 radical (unpaired) electrons. The average molecular weight is 354 g/mol. The summed E-state index contributed by atoms with van der Waals surface area (Å²) in [6.45, 7) is 6.08. The maximum atomic E-state index is 13.8. The van der Waals surface area contributed by atoms with Gasteiger partial charge in [-0.25, -0.2) is 8.78 Å². The first-order valence-electron chi connectivity index (χ1n) is 8.44. The highest BCUT2D eigenvalue weighted by molar-refractivity contribution is 5.98. The summed E-state index contributed by atoms with van der Waals surface area (Å²) in [5.41, 5.74) is -0.691. The van der Waals surface area contributed by atoms with E-state index in [2.05, 4.69) is 5.32 Å². The highest BCUT2D eigenvalue weighted by Gasteiger charge is 2.35. The van der Waals surface area contributed by atoms with Crippen LogP contribution < -0.4 is 5.32 Å². The Morgan fingerprint density at radius 3 is 2.32 bits per heavy atom. The summed E-state index contributed by atoms with van der Waals surface area (Å²) in [4.78, 5) is 26.6. The van der Waals surface area contributed by atoms with Crippen LogP contribution in [0.2, 0.25) is 0 Å². The summed E-state index contributed by atoms with van der Waals surface area (Å²) < 4.78 is 27.5. The third-order valence-corrected chi connectivity index (χ3v) is 4.63. The number of halogens is 2. The van der Waals surface area contributed by atoms with Crippen molar-refractivity contribution in [2.45, 2.75) is 39.3 Å². The van der Waals surface area contributed by atoms with Crippen LogP contribution in [-0.4, -0.2) is 47.1 Å². The minimum atomic E-state index is -0.970. The molecule has 2 N–H and O–H groups in total. The minimum Gasteiger partial charge on any atom is -0.393 e. The van der Waals surface area contributed by atoms with Crippen LogP contribution in [0.5, 0.6) is 0 Å². The Labute approximate surface area is 146 Å². The fraction of sp³-hybridized carbons (Fsp3) is 0.556. The van der Waals surface area contributed by atoms with Crippen LogP contribution >= 0.6 is 0 Å². The summed E-state index contributed by atoms with van der Waals surface area (Å²) in [5.74, 6) is -3.45. The number of aliphatic hydroxyl groups is 1. The second-order valence-electron chi connectivity index (χ2n) is 6.87. The van der Waals surface area contributed by atoms with E-state index in [1.165, 1.54) is 6.07 Å². The van der Waals surface area contributed by atoms with Gasteiger partial charge >= 0.3 is 0 Å². The molecule has 0 bridgehead atoms. The van der Waals surface area contributed by atoms with Gasteiger partial charge in [0.25, 0.3) is 5.91 Å². The fourth-order valence-electron chi connectivity index (χ4n) is 3.02. The van der Waals surface area contributed by atoms with Crippen LogP contribution in [0.3, 0.4) is 0 Å². The lowest BCUT2D eigenvalue weighted by Gasteiger charge is -2.27. The van der Waals surface area contributed by atoms with Gasteiger partial charge in [-0.05, 0) is 31.4 Å². The van der Waals surface area contributed by atoms with Crippen molar-refractivity contribution < 1.29 is 23.5 Å². The van der Waals surface area contributed by atoms with E-state index in [0.29, 0.717) is 19.5 Å². The molecule has 1 aromatic rings. The molecule has 1 aliphatic heterocycles. The van der Waals surface area contributed by atoms with Crippen molar-refractivity contribution in [1.29, 1.82) is 0 Å². The molecular weight excluding hydrogens is 330 g/mol. The van der Waals surface area contributed by atoms with Gasteiger partial charge in [0.05, 0.1) is 6.10 Å². The third kappa shape index (κ3) is 4.34. The van der Waals surface area contributed by atoms with Crippen molar-refractivity contribution in [3.63, 3.8) is 0 Å². The molecular formula is C18H24F2N2O3. The molecule has 1 aromatic carbocycles. The SMILES string of the molecule is CC(C)[C@H](NC(=O)c1c(F)cccc1F)C(=O)N1CC[C@H]([C@@H](C)O)C1. The molecule has 2 rings (SSSR count). The van der Waals surface area contributed by atoms with Gasteiger partial charge in [-0.2, -0.15) is 0 Å². The van der Waals surface area contributed by atoms with Gasteiger partial charge in [-0.1, -0.05) is 19.9 Å². The van der Waals surface area contributed by atoms with Crippen LogP contribution in [-0.2, 0) is 4.79 Å². The molecule has 1 saturated heterocycles. The number of amides is 2. The highest BCUT2D eigenvalue weighted by Crippen LogP contribution is 2.22. The molecule has 138 valence electrons. The number of carbonyl (C=O) groups is 2. The first-order valence-corrected chi connectivity index (χ1v) is 8.44. The predicted molar refractivity (Wildman–Crippen MR) is 88.8 cm³/mol. The number of aliphatic hydroxyl groups excluding tert-OH is 1. The Kier molecular flexibility index (Phi) is 6.11. The van der Waals surface area contributed by atoms with E-state index in [4.69, 9.17) is 0 Å². The van der Waals surface area contributed by atoms with Gasteiger partial charge in [0.1, 0.15) is 23.2 Å². The standard InChI is InChI=1S/C18H24F2N2O3/c1-10(2)16(18(25)22-8-7-12(9-22)11(3)23)21-17(24)15-13(19)5-4-6-14(15)20/h4-6,10-12,16,23H,7-9H2,1-3H3,(H,21,24)/t11-,12+,16+/m1/s1.